The van der Waals surface area contributed by atoms with Crippen LogP contribution in [0.5, 0.6) is 0 Å². The minimum Gasteiger partial charge on any atom is -0.352 e. The summed E-state index contributed by atoms with van der Waals surface area (Å²) >= 11 is 1.72. The summed E-state index contributed by atoms with van der Waals surface area (Å²) in [7, 11) is 0. The predicted octanol–water partition coefficient (Wildman–Crippen LogP) is 3.66. The number of carbonyl (C=O) groups excluding carboxylic acids is 1. The van der Waals surface area contributed by atoms with Crippen LogP contribution in [0.3, 0.4) is 0 Å². The van der Waals surface area contributed by atoms with Gasteiger partial charge in [-0.3, -0.25) is 4.79 Å². The summed E-state index contributed by atoms with van der Waals surface area (Å²) in [6.07, 6.45) is 0.986. The molecule has 0 saturated carbocycles. The van der Waals surface area contributed by atoms with Crippen LogP contribution in [0.1, 0.15) is 28.0 Å². The molecule has 3 heterocycles. The van der Waals surface area contributed by atoms with Gasteiger partial charge < -0.3 is 9.80 Å². The molecule has 0 atom stereocenters. The standard InChI is InChI=1S/C20H21FN4OS/c1-3-16-12-17-18(22-13(2)23-19(17)27-16)24-8-10-25(11-9-24)20(26)14-4-6-15(21)7-5-14/h4-7,12H,3,8-11H2,1-2H3. The quantitative estimate of drug-likeness (QED) is 0.691. The Kier molecular flexibility index (Phi) is 4.78. The number of benzene rings is 1. The van der Waals surface area contributed by atoms with Crippen molar-refractivity contribution in [3.05, 3.63) is 52.4 Å². The highest BCUT2D eigenvalue weighted by molar-refractivity contribution is 7.18. The Morgan fingerprint density at radius 1 is 1.15 bits per heavy atom. The van der Waals surface area contributed by atoms with Gasteiger partial charge in [0.05, 0.1) is 5.39 Å². The fraction of sp³-hybridized carbons (Fsp3) is 0.350. The Morgan fingerprint density at radius 3 is 2.52 bits per heavy atom. The van der Waals surface area contributed by atoms with Crippen LogP contribution in [0.2, 0.25) is 0 Å². The molecule has 0 aliphatic carbocycles. The van der Waals surface area contributed by atoms with E-state index in [4.69, 9.17) is 0 Å². The van der Waals surface area contributed by atoms with E-state index in [1.165, 1.54) is 17.0 Å². The van der Waals surface area contributed by atoms with Crippen molar-refractivity contribution >= 4 is 33.3 Å². The third-order valence-corrected chi connectivity index (χ3v) is 6.01. The average molecular weight is 384 g/mol. The summed E-state index contributed by atoms with van der Waals surface area (Å²) in [6.45, 7) is 6.73. The smallest absolute Gasteiger partial charge is 0.253 e. The van der Waals surface area contributed by atoms with E-state index in [-0.39, 0.29) is 11.7 Å². The molecule has 0 unspecified atom stereocenters. The van der Waals surface area contributed by atoms with Gasteiger partial charge in [-0.2, -0.15) is 0 Å². The highest BCUT2D eigenvalue weighted by Gasteiger charge is 2.24. The van der Waals surface area contributed by atoms with E-state index in [9.17, 15) is 9.18 Å². The average Bonchev–Trinajstić information content (AvgIpc) is 3.10. The molecule has 4 rings (SSSR count). The first kappa shape index (κ1) is 17.9. The Labute approximate surface area is 161 Å². The summed E-state index contributed by atoms with van der Waals surface area (Å²) in [5.74, 6) is 1.35. The maximum absolute atomic E-state index is 13.1. The Morgan fingerprint density at radius 2 is 1.85 bits per heavy atom. The number of hydrogen-bond donors (Lipinski definition) is 0. The molecule has 2 aromatic heterocycles. The lowest BCUT2D eigenvalue weighted by atomic mass is 10.1. The molecule has 1 saturated heterocycles. The summed E-state index contributed by atoms with van der Waals surface area (Å²) in [5.41, 5.74) is 0.524. The zero-order valence-electron chi connectivity index (χ0n) is 15.4. The molecule has 0 bridgehead atoms. The molecule has 1 aromatic carbocycles. The largest absolute Gasteiger partial charge is 0.352 e. The second-order valence-corrected chi connectivity index (χ2v) is 7.78. The Hall–Kier alpha value is -2.54. The molecule has 140 valence electrons. The number of nitrogens with zero attached hydrogens (tertiary/aromatic N) is 4. The lowest BCUT2D eigenvalue weighted by Crippen LogP contribution is -2.49. The van der Waals surface area contributed by atoms with E-state index in [0.717, 1.165) is 41.4 Å². The number of aryl methyl sites for hydroxylation is 2. The Bertz CT molecular complexity index is 978. The van der Waals surface area contributed by atoms with E-state index >= 15 is 0 Å². The van der Waals surface area contributed by atoms with Crippen LogP contribution in [0.4, 0.5) is 10.2 Å². The van der Waals surface area contributed by atoms with Crippen molar-refractivity contribution in [1.82, 2.24) is 14.9 Å². The van der Waals surface area contributed by atoms with Crippen molar-refractivity contribution in [3.63, 3.8) is 0 Å². The van der Waals surface area contributed by atoms with Crippen molar-refractivity contribution in [2.45, 2.75) is 20.3 Å². The van der Waals surface area contributed by atoms with E-state index in [1.54, 1.807) is 23.5 Å². The van der Waals surface area contributed by atoms with Gasteiger partial charge in [0, 0.05) is 36.6 Å². The fourth-order valence-electron chi connectivity index (χ4n) is 3.37. The first-order valence-electron chi connectivity index (χ1n) is 9.12. The van der Waals surface area contributed by atoms with Crippen LogP contribution in [0, 0.1) is 12.7 Å². The van der Waals surface area contributed by atoms with E-state index in [1.807, 2.05) is 11.8 Å². The maximum atomic E-state index is 13.1. The van der Waals surface area contributed by atoms with Gasteiger partial charge in [0.1, 0.15) is 22.3 Å². The summed E-state index contributed by atoms with van der Waals surface area (Å²) in [5, 5.41) is 1.10. The second-order valence-electron chi connectivity index (χ2n) is 6.67. The molecule has 1 amide bonds. The van der Waals surface area contributed by atoms with Gasteiger partial charge in [-0.1, -0.05) is 6.92 Å². The molecular formula is C20H21FN4OS. The van der Waals surface area contributed by atoms with Crippen LogP contribution in [0.25, 0.3) is 10.2 Å². The highest BCUT2D eigenvalue weighted by Crippen LogP contribution is 2.31. The molecule has 1 aliphatic heterocycles. The first-order chi connectivity index (χ1) is 13.0. The fourth-order valence-corrected chi connectivity index (χ4v) is 4.38. The number of piperazine rings is 1. The second kappa shape index (κ2) is 7.23. The maximum Gasteiger partial charge on any atom is 0.253 e. The normalized spacial score (nSPS) is 14.8. The number of thiophene rings is 1. The van der Waals surface area contributed by atoms with Gasteiger partial charge in [0.25, 0.3) is 5.91 Å². The van der Waals surface area contributed by atoms with Gasteiger partial charge >= 0.3 is 0 Å². The van der Waals surface area contributed by atoms with Crippen molar-refractivity contribution in [2.75, 3.05) is 31.1 Å². The lowest BCUT2D eigenvalue weighted by molar-refractivity contribution is 0.0746. The monoisotopic (exact) mass is 384 g/mol. The van der Waals surface area contributed by atoms with Crippen molar-refractivity contribution < 1.29 is 9.18 Å². The molecule has 5 nitrogen and oxygen atoms in total. The number of hydrogen-bond acceptors (Lipinski definition) is 5. The van der Waals surface area contributed by atoms with E-state index in [2.05, 4.69) is 27.9 Å². The number of fused-ring (bicyclic) bond motifs is 1. The summed E-state index contributed by atoms with van der Waals surface area (Å²) in [4.78, 5) is 28.3. The SMILES string of the molecule is CCc1cc2c(N3CCN(C(=O)c4ccc(F)cc4)CC3)nc(C)nc2s1. The van der Waals surface area contributed by atoms with Crippen molar-refractivity contribution in [3.8, 4) is 0 Å². The predicted molar refractivity (Wildman–Crippen MR) is 106 cm³/mol. The highest BCUT2D eigenvalue weighted by atomic mass is 32.1. The van der Waals surface area contributed by atoms with Crippen LogP contribution in [-0.2, 0) is 6.42 Å². The van der Waals surface area contributed by atoms with Gasteiger partial charge in [0.2, 0.25) is 0 Å². The van der Waals surface area contributed by atoms with Crippen LogP contribution in [-0.4, -0.2) is 47.0 Å². The number of halogens is 1. The van der Waals surface area contributed by atoms with Gasteiger partial charge in [-0.25, -0.2) is 14.4 Å². The van der Waals surface area contributed by atoms with Gasteiger partial charge in [0.15, 0.2) is 0 Å². The number of anilines is 1. The van der Waals surface area contributed by atoms with Crippen LogP contribution in [0.15, 0.2) is 30.3 Å². The van der Waals surface area contributed by atoms with Gasteiger partial charge in [-0.15, -0.1) is 11.3 Å². The minimum absolute atomic E-state index is 0.0533. The molecule has 7 heteroatoms. The molecule has 0 radical (unpaired) electrons. The molecule has 27 heavy (non-hydrogen) atoms. The summed E-state index contributed by atoms with van der Waals surface area (Å²) in [6, 6.07) is 7.92. The molecule has 0 spiro atoms. The van der Waals surface area contributed by atoms with Crippen LogP contribution < -0.4 is 4.90 Å². The number of rotatable bonds is 3. The molecule has 0 N–H and O–H groups in total. The lowest BCUT2D eigenvalue weighted by Gasteiger charge is -2.35. The third kappa shape index (κ3) is 3.51. The first-order valence-corrected chi connectivity index (χ1v) is 9.93. The number of aromatic nitrogens is 2. The molecular weight excluding hydrogens is 363 g/mol. The molecule has 3 aromatic rings. The zero-order valence-corrected chi connectivity index (χ0v) is 16.2. The number of carbonyl (C=O) groups is 1. The molecule has 1 fully saturated rings. The zero-order chi connectivity index (χ0) is 19.0. The van der Waals surface area contributed by atoms with Crippen molar-refractivity contribution in [2.24, 2.45) is 0 Å². The summed E-state index contributed by atoms with van der Waals surface area (Å²) < 4.78 is 13.1. The van der Waals surface area contributed by atoms with E-state index < -0.39 is 0 Å². The van der Waals surface area contributed by atoms with Crippen LogP contribution >= 0.6 is 11.3 Å². The minimum atomic E-state index is -0.332. The third-order valence-electron chi connectivity index (χ3n) is 4.84. The molecule has 1 aliphatic rings. The number of amides is 1. The Balaban J connectivity index is 1.52. The van der Waals surface area contributed by atoms with Crippen molar-refractivity contribution in [1.29, 1.82) is 0 Å². The van der Waals surface area contributed by atoms with Gasteiger partial charge in [-0.05, 0) is 43.7 Å². The van der Waals surface area contributed by atoms with E-state index in [0.29, 0.717) is 18.7 Å². The topological polar surface area (TPSA) is 49.3 Å².